The maximum Gasteiger partial charge on any atom is 4.00 e. The summed E-state index contributed by atoms with van der Waals surface area (Å²) in [5.41, 5.74) is 5.50. The van der Waals surface area contributed by atoms with Crippen LogP contribution in [-0.2, 0) is 21.7 Å². The van der Waals surface area contributed by atoms with Crippen molar-refractivity contribution in [2.45, 2.75) is 12.8 Å². The van der Waals surface area contributed by atoms with Gasteiger partial charge in [0, 0.05) is 0 Å². The van der Waals surface area contributed by atoms with E-state index in [1.807, 2.05) is 0 Å². The number of rotatable bonds is 3. The third-order valence-corrected chi connectivity index (χ3v) is 8.17. The van der Waals surface area contributed by atoms with Gasteiger partial charge in [0.05, 0.1) is 0 Å². The Labute approximate surface area is 220 Å². The van der Waals surface area contributed by atoms with Crippen molar-refractivity contribution in [2.75, 3.05) is 0 Å². The molecular formula is C26H20Cl3SiTi. The molecule has 0 heterocycles. The average molecular weight is 515 g/mol. The van der Waals surface area contributed by atoms with Crippen molar-refractivity contribution in [3.63, 3.8) is 0 Å². The Morgan fingerprint density at radius 2 is 1.13 bits per heavy atom. The van der Waals surface area contributed by atoms with Gasteiger partial charge in [0.2, 0.25) is 0 Å². The van der Waals surface area contributed by atoms with Crippen molar-refractivity contribution in [3.05, 3.63) is 114 Å². The first kappa shape index (κ1) is 27.7. The summed E-state index contributed by atoms with van der Waals surface area (Å²) in [6.07, 6.45) is 0. The fourth-order valence-corrected chi connectivity index (χ4v) is 6.71. The molecule has 0 N–H and O–H groups in total. The third kappa shape index (κ3) is 5.20. The van der Waals surface area contributed by atoms with Gasteiger partial charge in [-0.15, -0.1) is 11.1 Å². The molecule has 0 amide bonds. The molecule has 0 aromatic heterocycles. The molecule has 0 saturated heterocycles. The molecule has 31 heavy (non-hydrogen) atoms. The molecule has 1 unspecified atom stereocenters. The third-order valence-electron chi connectivity index (χ3n) is 5.52. The molecule has 0 nitrogen and oxygen atoms in total. The van der Waals surface area contributed by atoms with Gasteiger partial charge in [0.25, 0.3) is 0 Å². The van der Waals surface area contributed by atoms with Gasteiger partial charge < -0.3 is 37.2 Å². The van der Waals surface area contributed by atoms with Crippen LogP contribution in [0.15, 0.2) is 97.1 Å². The van der Waals surface area contributed by atoms with Crippen LogP contribution in [0.3, 0.4) is 0 Å². The fraction of sp³-hybridized carbons (Fsp3) is 0.0769. The Morgan fingerprint density at radius 3 is 1.71 bits per heavy atom. The van der Waals surface area contributed by atoms with Gasteiger partial charge in [0.15, 0.2) is 0 Å². The molecule has 0 saturated carbocycles. The summed E-state index contributed by atoms with van der Waals surface area (Å²) in [5.74, 6) is 0.408. The van der Waals surface area contributed by atoms with Crippen molar-refractivity contribution < 1.29 is 58.9 Å². The summed E-state index contributed by atoms with van der Waals surface area (Å²) < 4.78 is 0. The molecule has 5 rings (SSSR count). The first-order valence-corrected chi connectivity index (χ1v) is 11.0. The van der Waals surface area contributed by atoms with E-state index in [0.29, 0.717) is 5.92 Å². The summed E-state index contributed by atoms with van der Waals surface area (Å²) in [4.78, 5) is 0. The van der Waals surface area contributed by atoms with E-state index in [-0.39, 0.29) is 58.9 Å². The zero-order chi connectivity index (χ0) is 18.2. The maximum atomic E-state index is 3.86. The van der Waals surface area contributed by atoms with Gasteiger partial charge in [-0.2, -0.15) is 23.4 Å². The quantitative estimate of drug-likeness (QED) is 0.146. The molecule has 153 valence electrons. The van der Waals surface area contributed by atoms with Crippen LogP contribution in [0.1, 0.15) is 24.0 Å². The molecule has 1 radical (unpaired) electrons. The van der Waals surface area contributed by atoms with Crippen LogP contribution in [0.5, 0.6) is 0 Å². The van der Waals surface area contributed by atoms with Crippen LogP contribution in [0, 0.1) is 6.07 Å². The SMILES string of the molecule is CC1c2[c-]c([Si](c3ccccc3)c3ccccc3)ccc2-c2ccccc21.[Cl-].[Cl-].[Cl-].[Ti+4]. The molecule has 0 spiro atoms. The smallest absolute Gasteiger partial charge is 1.00 e. The second kappa shape index (κ2) is 12.1. The number of fused-ring (bicyclic) bond motifs is 3. The Kier molecular flexibility index (Phi) is 10.8. The largest absolute Gasteiger partial charge is 4.00 e. The van der Waals surface area contributed by atoms with Crippen LogP contribution < -0.4 is 52.8 Å². The second-order valence-electron chi connectivity index (χ2n) is 7.12. The van der Waals surface area contributed by atoms with E-state index in [4.69, 9.17) is 0 Å². The van der Waals surface area contributed by atoms with Crippen LogP contribution in [0.4, 0.5) is 0 Å². The summed E-state index contributed by atoms with van der Waals surface area (Å²) in [7, 11) is -1.06. The Balaban J connectivity index is 0.00000120. The normalized spacial score (nSPS) is 12.9. The van der Waals surface area contributed by atoms with E-state index in [9.17, 15) is 0 Å². The average Bonchev–Trinajstić information content (AvgIpc) is 3.02. The summed E-state index contributed by atoms with van der Waals surface area (Å²) in [6.45, 7) is 2.31. The van der Waals surface area contributed by atoms with Gasteiger partial charge in [-0.1, -0.05) is 108 Å². The maximum absolute atomic E-state index is 3.86. The van der Waals surface area contributed by atoms with Crippen LogP contribution >= 0.6 is 0 Å². The molecule has 0 fully saturated rings. The van der Waals surface area contributed by atoms with Crippen molar-refractivity contribution >= 4 is 24.4 Å². The first-order chi connectivity index (χ1) is 13.3. The van der Waals surface area contributed by atoms with Crippen molar-refractivity contribution in [3.8, 4) is 11.1 Å². The zero-order valence-corrected chi connectivity index (χ0v) is 21.8. The molecular weight excluding hydrogens is 495 g/mol. The molecule has 1 atom stereocenters. The van der Waals surface area contributed by atoms with Gasteiger partial charge in [-0.25, -0.2) is 0 Å². The van der Waals surface area contributed by atoms with Gasteiger partial charge in [-0.3, -0.25) is 0 Å². The number of hydrogen-bond acceptors (Lipinski definition) is 0. The Hall–Kier alpha value is -1.32. The minimum Gasteiger partial charge on any atom is -1.00 e. The van der Waals surface area contributed by atoms with Crippen LogP contribution in [0.2, 0.25) is 0 Å². The molecule has 1 aliphatic carbocycles. The summed E-state index contributed by atoms with van der Waals surface area (Å²) in [5, 5.41) is 4.16. The summed E-state index contributed by atoms with van der Waals surface area (Å²) >= 11 is 0. The predicted molar refractivity (Wildman–Crippen MR) is 116 cm³/mol. The first-order valence-electron chi connectivity index (χ1n) is 9.46. The number of hydrogen-bond donors (Lipinski definition) is 0. The number of benzene rings is 4. The number of halogens is 3. The standard InChI is InChI=1S/C26H20Si.3ClH.Ti/c1-19-23-14-8-9-15-24(23)25-17-16-22(18-26(19)25)27(20-10-4-2-5-11-20)21-12-6-3-7-13-21;;;;/h2-17,19H,1H3;3*1H;/q-1;;;;+4/p-3. The predicted octanol–water partition coefficient (Wildman–Crippen LogP) is -4.86. The molecule has 0 aliphatic heterocycles. The zero-order valence-electron chi connectivity index (χ0n) is 16.9. The van der Waals surface area contributed by atoms with E-state index in [0.717, 1.165) is 0 Å². The fourth-order valence-electron chi connectivity index (χ4n) is 4.20. The second-order valence-corrected chi connectivity index (χ2v) is 9.56. The van der Waals surface area contributed by atoms with Gasteiger partial charge in [0.1, 0.15) is 8.80 Å². The van der Waals surface area contributed by atoms with Crippen molar-refractivity contribution in [2.24, 2.45) is 0 Å². The molecule has 4 aromatic rings. The van der Waals surface area contributed by atoms with E-state index in [1.54, 1.807) is 0 Å². The Bertz CT molecular complexity index is 1060. The Morgan fingerprint density at radius 1 is 0.613 bits per heavy atom. The van der Waals surface area contributed by atoms with E-state index < -0.39 is 8.80 Å². The van der Waals surface area contributed by atoms with E-state index in [2.05, 4.69) is 110 Å². The van der Waals surface area contributed by atoms with E-state index >= 15 is 0 Å². The van der Waals surface area contributed by atoms with Crippen molar-refractivity contribution in [1.82, 2.24) is 0 Å². The minimum atomic E-state index is -1.06. The van der Waals surface area contributed by atoms with Crippen molar-refractivity contribution in [1.29, 1.82) is 0 Å². The van der Waals surface area contributed by atoms with E-state index in [1.165, 1.54) is 37.8 Å². The topological polar surface area (TPSA) is 0 Å². The van der Waals surface area contributed by atoms with Gasteiger partial charge >= 0.3 is 21.7 Å². The van der Waals surface area contributed by atoms with Gasteiger partial charge in [-0.05, 0) is 11.5 Å². The monoisotopic (exact) mass is 513 g/mol. The molecule has 1 aliphatic rings. The van der Waals surface area contributed by atoms with Crippen LogP contribution in [-0.4, -0.2) is 8.80 Å². The molecule has 4 aromatic carbocycles. The summed E-state index contributed by atoms with van der Waals surface area (Å²) in [6, 6.07) is 39.1. The minimum absolute atomic E-state index is 0. The molecule has 0 bridgehead atoms. The van der Waals surface area contributed by atoms with Crippen LogP contribution in [0.25, 0.3) is 11.1 Å². The molecule has 5 heteroatoms.